The third-order valence-electron chi connectivity index (χ3n) is 3.43. The molecular formula is C14H24N4O7S3. The van der Waals surface area contributed by atoms with Gasteiger partial charge in [-0.2, -0.15) is 37.9 Å². The maximum absolute atomic E-state index is 12.4. The Morgan fingerprint density at radius 3 is 1.64 bits per heavy atom. The molecule has 0 fully saturated rings. The van der Waals surface area contributed by atoms with E-state index in [4.69, 9.17) is 15.9 Å². The molecule has 0 heterocycles. The van der Waals surface area contributed by atoms with E-state index in [0.717, 1.165) is 0 Å². The average molecular weight is 457 g/mol. The minimum atomic E-state index is -1.31. The first-order valence-electron chi connectivity index (χ1n) is 8.01. The van der Waals surface area contributed by atoms with Crippen LogP contribution in [0.1, 0.15) is 12.8 Å². The van der Waals surface area contributed by atoms with Gasteiger partial charge in [-0.1, -0.05) is 0 Å². The number of amides is 3. The van der Waals surface area contributed by atoms with Gasteiger partial charge in [0.15, 0.2) is 0 Å². The quantitative estimate of drug-likeness (QED) is 0.136. The summed E-state index contributed by atoms with van der Waals surface area (Å²) >= 11 is 11.6. The van der Waals surface area contributed by atoms with Gasteiger partial charge in [0, 0.05) is 23.7 Å². The number of nitrogens with one attached hydrogen (secondary N) is 3. The molecule has 14 heteroatoms. The molecule has 0 bridgehead atoms. The van der Waals surface area contributed by atoms with Gasteiger partial charge in [-0.05, 0) is 6.42 Å². The van der Waals surface area contributed by atoms with Crippen LogP contribution in [0.2, 0.25) is 0 Å². The number of aliphatic carboxylic acids is 2. The highest BCUT2D eigenvalue weighted by Gasteiger charge is 2.29. The van der Waals surface area contributed by atoms with E-state index >= 15 is 0 Å². The summed E-state index contributed by atoms with van der Waals surface area (Å²) in [6, 6.07) is -4.78. The summed E-state index contributed by atoms with van der Waals surface area (Å²) in [6.45, 7) is 0. The minimum absolute atomic E-state index is 0.00107. The van der Waals surface area contributed by atoms with Crippen molar-refractivity contribution in [1.29, 1.82) is 0 Å². The fraction of sp³-hybridized carbons (Fsp3) is 0.643. The molecule has 0 saturated carbocycles. The topological polar surface area (TPSA) is 188 Å². The molecular weight excluding hydrogens is 432 g/mol. The Morgan fingerprint density at radius 2 is 1.21 bits per heavy atom. The maximum Gasteiger partial charge on any atom is 0.327 e. The van der Waals surface area contributed by atoms with Crippen molar-refractivity contribution in [2.75, 3.05) is 17.3 Å². The Morgan fingerprint density at radius 1 is 0.750 bits per heavy atom. The van der Waals surface area contributed by atoms with Crippen LogP contribution in [-0.4, -0.2) is 81.3 Å². The Balaban J connectivity index is 5.16. The minimum Gasteiger partial charge on any atom is -0.481 e. The predicted molar refractivity (Wildman–Crippen MR) is 110 cm³/mol. The first-order chi connectivity index (χ1) is 13.1. The lowest BCUT2D eigenvalue weighted by atomic mass is 10.1. The Bertz CT molecular complexity index is 593. The van der Waals surface area contributed by atoms with Crippen LogP contribution in [0.5, 0.6) is 0 Å². The van der Waals surface area contributed by atoms with Gasteiger partial charge in [0.1, 0.15) is 18.1 Å². The second kappa shape index (κ2) is 13.5. The van der Waals surface area contributed by atoms with Gasteiger partial charge < -0.3 is 31.9 Å². The molecule has 0 spiro atoms. The smallest absolute Gasteiger partial charge is 0.327 e. The summed E-state index contributed by atoms with van der Waals surface area (Å²) < 4.78 is 0. The van der Waals surface area contributed by atoms with Crippen molar-refractivity contribution in [2.24, 2.45) is 5.73 Å². The molecule has 0 aromatic carbocycles. The summed E-state index contributed by atoms with van der Waals surface area (Å²) in [5, 5.41) is 24.6. The molecule has 3 amide bonds. The molecule has 11 nitrogen and oxygen atoms in total. The third-order valence-corrected chi connectivity index (χ3v) is 4.55. The molecule has 0 saturated heterocycles. The van der Waals surface area contributed by atoms with Gasteiger partial charge >= 0.3 is 11.9 Å². The second-order valence-corrected chi connectivity index (χ2v) is 6.70. The molecule has 4 unspecified atom stereocenters. The molecule has 0 rings (SSSR count). The molecule has 0 aromatic heterocycles. The van der Waals surface area contributed by atoms with Crippen LogP contribution in [-0.2, 0) is 24.0 Å². The first kappa shape index (κ1) is 26.4. The van der Waals surface area contributed by atoms with Crippen molar-refractivity contribution in [3.05, 3.63) is 0 Å². The number of carboxylic acids is 2. The van der Waals surface area contributed by atoms with E-state index < -0.39 is 60.2 Å². The average Bonchev–Trinajstić information content (AvgIpc) is 2.65. The predicted octanol–water partition coefficient (Wildman–Crippen LogP) is -2.49. The van der Waals surface area contributed by atoms with Gasteiger partial charge in [0.2, 0.25) is 17.7 Å². The van der Waals surface area contributed by atoms with Crippen LogP contribution in [0, 0.1) is 0 Å². The Labute approximate surface area is 177 Å². The number of carbonyl (C=O) groups is 5. The fourth-order valence-corrected chi connectivity index (χ4v) is 2.49. The van der Waals surface area contributed by atoms with Crippen LogP contribution in [0.3, 0.4) is 0 Å². The van der Waals surface area contributed by atoms with E-state index in [1.807, 2.05) is 0 Å². The maximum atomic E-state index is 12.4. The second-order valence-electron chi connectivity index (χ2n) is 5.61. The largest absolute Gasteiger partial charge is 0.481 e. The van der Waals surface area contributed by atoms with E-state index in [9.17, 15) is 24.0 Å². The third kappa shape index (κ3) is 9.52. The van der Waals surface area contributed by atoms with E-state index in [2.05, 4.69) is 53.8 Å². The SMILES string of the molecule is NC(CS)C(=O)NC(CCC(=O)O)C(=O)NC(CS)C(=O)NC(CS)C(=O)O. The number of hydrogen-bond acceptors (Lipinski definition) is 9. The highest BCUT2D eigenvalue weighted by Crippen LogP contribution is 2.02. The Kier molecular flexibility index (Phi) is 12.7. The highest BCUT2D eigenvalue weighted by molar-refractivity contribution is 7.80. The zero-order valence-electron chi connectivity index (χ0n) is 14.7. The fourth-order valence-electron chi connectivity index (χ4n) is 1.82. The summed E-state index contributed by atoms with van der Waals surface area (Å²) in [7, 11) is 0. The molecule has 7 N–H and O–H groups in total. The highest BCUT2D eigenvalue weighted by atomic mass is 32.1. The van der Waals surface area contributed by atoms with Crippen molar-refractivity contribution in [2.45, 2.75) is 37.0 Å². The van der Waals surface area contributed by atoms with E-state index in [0.29, 0.717) is 0 Å². The molecule has 0 aliphatic heterocycles. The van der Waals surface area contributed by atoms with E-state index in [1.54, 1.807) is 0 Å². The lowest BCUT2D eigenvalue weighted by Crippen LogP contribution is -2.58. The van der Waals surface area contributed by atoms with Crippen LogP contribution in [0.4, 0.5) is 0 Å². The van der Waals surface area contributed by atoms with Gasteiger partial charge in [0.05, 0.1) is 6.04 Å². The van der Waals surface area contributed by atoms with E-state index in [-0.39, 0.29) is 23.7 Å². The van der Waals surface area contributed by atoms with E-state index in [1.165, 1.54) is 0 Å². The van der Waals surface area contributed by atoms with Crippen LogP contribution >= 0.6 is 37.9 Å². The standard InChI is InChI=1S/C14H24N4O7S3/c15-6(3-26)11(21)16-7(1-2-10(19)20)12(22)17-8(4-27)13(23)18-9(5-28)14(24)25/h6-9,26-28H,1-5,15H2,(H,16,21)(H,17,22)(H,18,23)(H,19,20)(H,24,25). The number of hydrogen-bond donors (Lipinski definition) is 9. The molecule has 0 aromatic rings. The van der Waals surface area contributed by atoms with Crippen molar-refractivity contribution in [3.8, 4) is 0 Å². The van der Waals surface area contributed by atoms with Crippen molar-refractivity contribution in [3.63, 3.8) is 0 Å². The molecule has 0 aliphatic rings. The van der Waals surface area contributed by atoms with Crippen molar-refractivity contribution in [1.82, 2.24) is 16.0 Å². The molecule has 4 atom stereocenters. The van der Waals surface area contributed by atoms with Crippen LogP contribution in [0.15, 0.2) is 0 Å². The summed E-state index contributed by atoms with van der Waals surface area (Å²) in [4.78, 5) is 58.3. The van der Waals surface area contributed by atoms with Crippen LogP contribution < -0.4 is 21.7 Å². The lowest BCUT2D eigenvalue weighted by Gasteiger charge is -2.23. The van der Waals surface area contributed by atoms with Crippen LogP contribution in [0.25, 0.3) is 0 Å². The number of nitrogens with two attached hydrogens (primary N) is 1. The number of carboxylic acid groups (broad SMARTS) is 2. The molecule has 160 valence electrons. The van der Waals surface area contributed by atoms with Gasteiger partial charge in [0.25, 0.3) is 0 Å². The summed E-state index contributed by atoms with van der Waals surface area (Å²) in [5.41, 5.74) is 5.52. The zero-order valence-corrected chi connectivity index (χ0v) is 17.4. The zero-order chi connectivity index (χ0) is 21.9. The molecule has 0 radical (unpaired) electrons. The summed E-state index contributed by atoms with van der Waals surface area (Å²) in [6.07, 6.45) is -0.672. The monoisotopic (exact) mass is 456 g/mol. The first-order valence-corrected chi connectivity index (χ1v) is 9.90. The van der Waals surface area contributed by atoms with Gasteiger partial charge in [-0.3, -0.25) is 19.2 Å². The number of thiol groups is 3. The molecule has 28 heavy (non-hydrogen) atoms. The number of rotatable bonds is 13. The summed E-state index contributed by atoms with van der Waals surface area (Å²) in [5.74, 6) is -5.21. The van der Waals surface area contributed by atoms with Crippen molar-refractivity contribution < 1.29 is 34.2 Å². The number of carbonyl (C=O) groups excluding carboxylic acids is 3. The Hall–Kier alpha value is -1.64. The van der Waals surface area contributed by atoms with Crippen molar-refractivity contribution >= 4 is 67.5 Å². The van der Waals surface area contributed by atoms with Gasteiger partial charge in [-0.25, -0.2) is 4.79 Å². The van der Waals surface area contributed by atoms with Gasteiger partial charge in [-0.15, -0.1) is 0 Å². The normalized spacial score (nSPS) is 14.9. The lowest BCUT2D eigenvalue weighted by molar-refractivity contribution is -0.141. The molecule has 0 aliphatic carbocycles.